The molecule has 0 heterocycles. The first-order chi connectivity index (χ1) is 13.7. The van der Waals surface area contributed by atoms with Gasteiger partial charge in [-0.3, -0.25) is 0 Å². The third-order valence-electron chi connectivity index (χ3n) is 4.34. The van der Waals surface area contributed by atoms with Crippen molar-refractivity contribution in [3.63, 3.8) is 0 Å². The lowest BCUT2D eigenvalue weighted by Crippen LogP contribution is -2.54. The molecule has 29 heavy (non-hydrogen) atoms. The molecule has 0 aliphatic heterocycles. The van der Waals surface area contributed by atoms with Crippen molar-refractivity contribution in [1.29, 1.82) is 0 Å². The Morgan fingerprint density at radius 1 is 1.10 bits per heavy atom. The number of rotatable bonds is 11. The maximum absolute atomic E-state index is 14.0. The number of unbranched alkanes of at least 4 members (excludes halogenated alkanes) is 2. The van der Waals surface area contributed by atoms with Crippen LogP contribution >= 0.6 is 11.6 Å². The van der Waals surface area contributed by atoms with Crippen LogP contribution in [0.1, 0.15) is 45.1 Å². The molecule has 0 spiro atoms. The van der Waals surface area contributed by atoms with Gasteiger partial charge in [0.25, 0.3) is 5.60 Å². The molecule has 0 N–H and O–H groups in total. The van der Waals surface area contributed by atoms with E-state index in [1.165, 1.54) is 25.1 Å². The molecule has 1 aromatic rings. The quantitative estimate of drug-likeness (QED) is 0.283. The Hall–Kier alpha value is -1.80. The number of hydrogen-bond donors (Lipinski definition) is 0. The summed E-state index contributed by atoms with van der Waals surface area (Å²) in [7, 11) is 0.751. The lowest BCUT2D eigenvalue weighted by atomic mass is 9.92. The summed E-state index contributed by atoms with van der Waals surface area (Å²) in [6, 6.07) is 6.35. The Kier molecular flexibility index (Phi) is 9.92. The Balaban J connectivity index is 3.26. The lowest BCUT2D eigenvalue weighted by Gasteiger charge is -2.34. The van der Waals surface area contributed by atoms with E-state index in [9.17, 15) is 22.8 Å². The normalized spacial score (nSPS) is 15.8. The number of alkyl halides is 4. The molecule has 0 fully saturated rings. The average molecular weight is 439 g/mol. The molecule has 1 aromatic carbocycles. The predicted molar refractivity (Wildman–Crippen MR) is 101 cm³/mol. The molecule has 0 aliphatic carbocycles. The van der Waals surface area contributed by atoms with E-state index in [2.05, 4.69) is 4.74 Å². The molecule has 0 aromatic heterocycles. The van der Waals surface area contributed by atoms with Crippen LogP contribution in [-0.2, 0) is 29.4 Å². The molecule has 3 atom stereocenters. The highest BCUT2D eigenvalue weighted by molar-refractivity contribution is 6.22. The summed E-state index contributed by atoms with van der Waals surface area (Å²) in [6.45, 7) is 3.44. The predicted octanol–water partition coefficient (Wildman–Crippen LogP) is 4.75. The number of carbonyl (C=O) groups is 2. The molecule has 9 heteroatoms. The van der Waals surface area contributed by atoms with E-state index in [4.69, 9.17) is 21.1 Å². The molecule has 0 radical (unpaired) electrons. The average Bonchev–Trinajstić information content (AvgIpc) is 2.67. The van der Waals surface area contributed by atoms with Gasteiger partial charge in [0.2, 0.25) is 6.10 Å². The van der Waals surface area contributed by atoms with Crippen LogP contribution in [0.25, 0.3) is 0 Å². The molecule has 0 bridgehead atoms. The molecule has 1 unspecified atom stereocenters. The molecule has 0 saturated carbocycles. The number of carbonyl (C=O) groups excluding carboxylic acids is 2. The second-order valence-electron chi connectivity index (χ2n) is 6.34. The number of benzene rings is 1. The first-order valence-corrected chi connectivity index (χ1v) is 9.78. The van der Waals surface area contributed by atoms with Crippen LogP contribution in [0.5, 0.6) is 0 Å². The minimum Gasteiger partial charge on any atom is -0.463 e. The largest absolute Gasteiger partial charge is 0.463 e. The van der Waals surface area contributed by atoms with Gasteiger partial charge in [-0.2, -0.15) is 13.2 Å². The highest BCUT2D eigenvalue weighted by Crippen LogP contribution is 2.43. The zero-order chi connectivity index (χ0) is 22.1. The fourth-order valence-corrected chi connectivity index (χ4v) is 3.13. The van der Waals surface area contributed by atoms with E-state index in [0.717, 1.165) is 32.1 Å². The summed E-state index contributed by atoms with van der Waals surface area (Å²) in [4.78, 5) is 25.0. The van der Waals surface area contributed by atoms with E-state index >= 15 is 0 Å². The third kappa shape index (κ3) is 6.09. The van der Waals surface area contributed by atoms with E-state index in [1.807, 2.05) is 6.92 Å². The van der Waals surface area contributed by atoms with Crippen LogP contribution in [0.15, 0.2) is 30.3 Å². The van der Waals surface area contributed by atoms with Gasteiger partial charge in [0.05, 0.1) is 12.0 Å². The van der Waals surface area contributed by atoms with Crippen LogP contribution in [0.4, 0.5) is 13.2 Å². The van der Waals surface area contributed by atoms with Crippen LogP contribution in [0, 0.1) is 0 Å². The van der Waals surface area contributed by atoms with E-state index in [-0.39, 0.29) is 13.0 Å². The number of esters is 2. The van der Waals surface area contributed by atoms with Gasteiger partial charge >= 0.3 is 18.1 Å². The van der Waals surface area contributed by atoms with Crippen molar-refractivity contribution in [2.75, 3.05) is 13.7 Å². The number of methoxy groups -OCH3 is 1. The lowest BCUT2D eigenvalue weighted by molar-refractivity contribution is -0.278. The fraction of sp³-hybridized carbons (Fsp3) is 0.600. The van der Waals surface area contributed by atoms with Crippen molar-refractivity contribution in [3.8, 4) is 0 Å². The maximum Gasteiger partial charge on any atom is 0.432 e. The van der Waals surface area contributed by atoms with Crippen molar-refractivity contribution in [1.82, 2.24) is 0 Å². The topological polar surface area (TPSA) is 61.8 Å². The Morgan fingerprint density at radius 3 is 2.21 bits per heavy atom. The van der Waals surface area contributed by atoms with Gasteiger partial charge in [0, 0.05) is 12.7 Å². The standard InChI is InChI=1S/C20H26ClF3O5/c1-4-6-8-13-15(21)16(17(25)28-5-2)29-18(26)19(27-3,20(22,23)24)14-11-9-7-10-12-14/h7,9-12,15-16H,4-6,8,13H2,1-3H3/t15-,16-,19?/m1/s1. The molecule has 5 nitrogen and oxygen atoms in total. The molecule has 0 saturated heterocycles. The number of ether oxygens (including phenoxy) is 3. The summed E-state index contributed by atoms with van der Waals surface area (Å²) in [5.41, 5.74) is -3.88. The van der Waals surface area contributed by atoms with Gasteiger partial charge in [-0.25, -0.2) is 9.59 Å². The van der Waals surface area contributed by atoms with Gasteiger partial charge in [-0.1, -0.05) is 56.5 Å². The van der Waals surface area contributed by atoms with E-state index in [0.29, 0.717) is 6.42 Å². The third-order valence-corrected chi connectivity index (χ3v) is 4.79. The van der Waals surface area contributed by atoms with Crippen molar-refractivity contribution in [3.05, 3.63) is 35.9 Å². The SMILES string of the molecule is CCCCC[C@@H](Cl)[C@@H](OC(=O)C(OC)(c1ccccc1)C(F)(F)F)C(=O)OCC. The fourth-order valence-electron chi connectivity index (χ4n) is 2.82. The van der Waals surface area contributed by atoms with Crippen LogP contribution in [0.2, 0.25) is 0 Å². The van der Waals surface area contributed by atoms with Gasteiger partial charge in [-0.05, 0) is 13.3 Å². The number of hydrogen-bond acceptors (Lipinski definition) is 5. The van der Waals surface area contributed by atoms with Gasteiger partial charge < -0.3 is 14.2 Å². The first kappa shape index (κ1) is 25.2. The smallest absolute Gasteiger partial charge is 0.432 e. The monoisotopic (exact) mass is 438 g/mol. The van der Waals surface area contributed by atoms with Gasteiger partial charge in [-0.15, -0.1) is 11.6 Å². The van der Waals surface area contributed by atoms with Crippen molar-refractivity contribution in [2.24, 2.45) is 0 Å². The summed E-state index contributed by atoms with van der Waals surface area (Å²) in [5.74, 6) is -2.78. The molecule has 0 amide bonds. The van der Waals surface area contributed by atoms with E-state index in [1.54, 1.807) is 0 Å². The summed E-state index contributed by atoms with van der Waals surface area (Å²) in [6.07, 6.45) is -4.27. The van der Waals surface area contributed by atoms with Crippen LogP contribution in [0.3, 0.4) is 0 Å². The van der Waals surface area contributed by atoms with Gasteiger partial charge in [0.15, 0.2) is 0 Å². The number of halogens is 4. The maximum atomic E-state index is 14.0. The Morgan fingerprint density at radius 2 is 1.72 bits per heavy atom. The zero-order valence-corrected chi connectivity index (χ0v) is 17.4. The Bertz CT molecular complexity index is 653. The van der Waals surface area contributed by atoms with Crippen molar-refractivity contribution in [2.45, 2.75) is 62.8 Å². The Labute approximate surface area is 173 Å². The zero-order valence-electron chi connectivity index (χ0n) is 16.6. The molecular formula is C20H26ClF3O5. The molecule has 1 rings (SSSR count). The van der Waals surface area contributed by atoms with Crippen LogP contribution < -0.4 is 0 Å². The van der Waals surface area contributed by atoms with E-state index < -0.39 is 40.8 Å². The van der Waals surface area contributed by atoms with Crippen molar-refractivity contribution >= 4 is 23.5 Å². The second kappa shape index (κ2) is 11.4. The van der Waals surface area contributed by atoms with Crippen LogP contribution in [-0.4, -0.2) is 43.3 Å². The summed E-state index contributed by atoms with van der Waals surface area (Å²) < 4.78 is 56.5. The second-order valence-corrected chi connectivity index (χ2v) is 6.90. The minimum atomic E-state index is -5.15. The molecule has 164 valence electrons. The highest BCUT2D eigenvalue weighted by atomic mass is 35.5. The highest BCUT2D eigenvalue weighted by Gasteiger charge is 2.64. The molecule has 0 aliphatic rings. The minimum absolute atomic E-state index is 0.0428. The first-order valence-electron chi connectivity index (χ1n) is 9.34. The van der Waals surface area contributed by atoms with Gasteiger partial charge in [0.1, 0.15) is 0 Å². The summed E-state index contributed by atoms with van der Waals surface area (Å²) >= 11 is 6.21. The summed E-state index contributed by atoms with van der Waals surface area (Å²) in [5, 5.41) is -1.04. The van der Waals surface area contributed by atoms with Crippen molar-refractivity contribution < 1.29 is 37.0 Å². The molecular weight excluding hydrogens is 413 g/mol.